The van der Waals surface area contributed by atoms with Crippen LogP contribution in [0.1, 0.15) is 25.3 Å². The topological polar surface area (TPSA) is 76.3 Å². The Balaban J connectivity index is 1.75. The Bertz CT molecular complexity index is 1240. The summed E-state index contributed by atoms with van der Waals surface area (Å²) in [4.78, 5) is 29.7. The maximum absolute atomic E-state index is 12.8. The van der Waals surface area contributed by atoms with Crippen LogP contribution in [-0.2, 0) is 0 Å². The first-order valence-corrected chi connectivity index (χ1v) is 11.0. The number of rotatable bonds is 4. The van der Waals surface area contributed by atoms with Crippen LogP contribution in [0.4, 0.5) is 5.69 Å². The van der Waals surface area contributed by atoms with Crippen molar-refractivity contribution in [1.82, 2.24) is 9.78 Å². The zero-order valence-electron chi connectivity index (χ0n) is 16.1. The Morgan fingerprint density at radius 3 is 2.20 bits per heavy atom. The van der Waals surface area contributed by atoms with Crippen molar-refractivity contribution in [2.75, 3.05) is 5.32 Å². The molecule has 0 spiro atoms. The fraction of sp³-hybridized carbons (Fsp3) is 0.0435. The quantitative estimate of drug-likeness (QED) is 0.474. The van der Waals surface area contributed by atoms with Crippen molar-refractivity contribution < 1.29 is 9.59 Å². The van der Waals surface area contributed by atoms with Gasteiger partial charge in [0.1, 0.15) is 0 Å². The number of nitrogens with one attached hydrogen (secondary N) is 1. The number of hydrogen-bond donors (Lipinski definition) is 1. The molecule has 0 aliphatic carbocycles. The van der Waals surface area contributed by atoms with Gasteiger partial charge in [-0.25, -0.2) is 0 Å². The molecule has 2 amide bonds. The summed E-state index contributed by atoms with van der Waals surface area (Å²) in [6.45, 7) is 1.99. The van der Waals surface area contributed by atoms with Crippen LogP contribution in [0.15, 0.2) is 89.9 Å². The summed E-state index contributed by atoms with van der Waals surface area (Å²) in [7, 11) is 0. The summed E-state index contributed by atoms with van der Waals surface area (Å²) in [5.74, 6) is -0.653. The second kappa shape index (κ2) is 8.86. The predicted octanol–water partition coefficient (Wildman–Crippen LogP) is 3.23. The zero-order valence-corrected chi connectivity index (χ0v) is 17.9. The van der Waals surface area contributed by atoms with Crippen molar-refractivity contribution >= 4 is 32.0 Å². The van der Waals surface area contributed by atoms with Gasteiger partial charge in [0.2, 0.25) is 0 Å². The second-order valence-electron chi connectivity index (χ2n) is 6.54. The number of benzene rings is 3. The van der Waals surface area contributed by atoms with Crippen LogP contribution in [0.3, 0.4) is 0 Å². The number of anilines is 1. The normalized spacial score (nSPS) is 11.3. The van der Waals surface area contributed by atoms with E-state index in [0.717, 1.165) is 11.3 Å². The van der Waals surface area contributed by atoms with Crippen molar-refractivity contribution in [3.05, 3.63) is 105 Å². The molecule has 1 heterocycles. The van der Waals surface area contributed by atoms with Crippen LogP contribution in [0.25, 0.3) is 5.69 Å². The summed E-state index contributed by atoms with van der Waals surface area (Å²) in [5.41, 5.74) is 3.04. The SMILES string of the molecule is Cc1ccc(-n2nc(C(=O)Nc3ccccc3)[se]c2=NC(=O)c2ccccc2)cc1. The average molecular weight is 461 g/mol. The van der Waals surface area contributed by atoms with Crippen LogP contribution in [0, 0.1) is 6.92 Å². The standard InChI is InChI=1S/C23H18N4O2Se/c1-16-12-14-19(15-13-16)27-23(25-20(28)17-8-4-2-5-9-17)30-22(26-27)21(29)24-18-10-6-3-7-11-18/h2-15H,1H3,(H,24,29). The van der Waals surface area contributed by atoms with Crippen molar-refractivity contribution in [2.45, 2.75) is 6.92 Å². The molecule has 0 aliphatic rings. The van der Waals surface area contributed by atoms with E-state index < -0.39 is 14.5 Å². The van der Waals surface area contributed by atoms with Gasteiger partial charge in [0.15, 0.2) is 0 Å². The molecule has 3 aromatic carbocycles. The molecule has 0 saturated heterocycles. The van der Waals surface area contributed by atoms with E-state index in [4.69, 9.17) is 0 Å². The minimum atomic E-state index is -0.520. The molecule has 6 nitrogen and oxygen atoms in total. The second-order valence-corrected chi connectivity index (χ2v) is 8.55. The first-order valence-electron chi connectivity index (χ1n) is 9.28. The van der Waals surface area contributed by atoms with Crippen LogP contribution >= 0.6 is 0 Å². The summed E-state index contributed by atoms with van der Waals surface area (Å²) in [6, 6.07) is 25.8. The molecule has 7 heteroatoms. The van der Waals surface area contributed by atoms with Gasteiger partial charge in [0, 0.05) is 0 Å². The van der Waals surface area contributed by atoms with Gasteiger partial charge in [-0.1, -0.05) is 0 Å². The van der Waals surface area contributed by atoms with Gasteiger partial charge in [-0.3, -0.25) is 0 Å². The van der Waals surface area contributed by atoms with Crippen molar-refractivity contribution in [2.24, 2.45) is 4.99 Å². The molecule has 148 valence electrons. The Kier molecular flexibility index (Phi) is 5.84. The van der Waals surface area contributed by atoms with Gasteiger partial charge in [0.05, 0.1) is 0 Å². The number of aromatic nitrogens is 2. The van der Waals surface area contributed by atoms with E-state index >= 15 is 0 Å². The molecule has 4 aromatic rings. The predicted molar refractivity (Wildman–Crippen MR) is 116 cm³/mol. The molecular formula is C23H18N4O2Se. The van der Waals surface area contributed by atoms with Gasteiger partial charge < -0.3 is 0 Å². The molecule has 1 N–H and O–H groups in total. The van der Waals surface area contributed by atoms with Crippen LogP contribution in [0.2, 0.25) is 0 Å². The van der Waals surface area contributed by atoms with E-state index in [1.165, 1.54) is 0 Å². The van der Waals surface area contributed by atoms with E-state index in [2.05, 4.69) is 15.4 Å². The van der Waals surface area contributed by atoms with Gasteiger partial charge in [-0.05, 0) is 0 Å². The minimum absolute atomic E-state index is 0.296. The van der Waals surface area contributed by atoms with E-state index in [-0.39, 0.29) is 11.8 Å². The average Bonchev–Trinajstić information content (AvgIpc) is 3.19. The Morgan fingerprint density at radius 2 is 1.53 bits per heavy atom. The third-order valence-corrected chi connectivity index (χ3v) is 6.19. The number of carbonyl (C=O) groups is 2. The molecule has 0 aliphatic heterocycles. The fourth-order valence-electron chi connectivity index (χ4n) is 2.74. The first-order chi connectivity index (χ1) is 14.6. The zero-order chi connectivity index (χ0) is 20.9. The molecule has 0 saturated carbocycles. The van der Waals surface area contributed by atoms with E-state index in [9.17, 15) is 9.59 Å². The number of hydrogen-bond acceptors (Lipinski definition) is 3. The number of para-hydroxylation sites is 1. The number of amides is 2. The Labute approximate surface area is 179 Å². The summed E-state index contributed by atoms with van der Waals surface area (Å²) < 4.78 is 2.41. The molecular weight excluding hydrogens is 443 g/mol. The fourth-order valence-corrected chi connectivity index (χ4v) is 4.42. The summed E-state index contributed by atoms with van der Waals surface area (Å²) in [5, 5.41) is 7.34. The summed E-state index contributed by atoms with van der Waals surface area (Å²) >= 11 is -0.520. The molecule has 0 bridgehead atoms. The van der Waals surface area contributed by atoms with Crippen LogP contribution in [0.5, 0.6) is 0 Å². The van der Waals surface area contributed by atoms with Gasteiger partial charge in [-0.2, -0.15) is 0 Å². The van der Waals surface area contributed by atoms with Crippen molar-refractivity contribution in [1.29, 1.82) is 0 Å². The summed E-state index contributed by atoms with van der Waals surface area (Å²) in [6.07, 6.45) is 0. The molecule has 0 radical (unpaired) electrons. The third-order valence-electron chi connectivity index (χ3n) is 4.28. The Hall–Kier alpha value is -3.54. The van der Waals surface area contributed by atoms with E-state index in [0.29, 0.717) is 20.2 Å². The van der Waals surface area contributed by atoms with Crippen LogP contribution < -0.4 is 9.68 Å². The molecule has 4 rings (SSSR count). The number of aryl methyl sites for hydroxylation is 1. The molecule has 1 aromatic heterocycles. The molecule has 0 unspecified atom stereocenters. The van der Waals surface area contributed by atoms with Crippen molar-refractivity contribution in [3.8, 4) is 5.69 Å². The maximum atomic E-state index is 12.8. The number of carbonyl (C=O) groups excluding carboxylic acids is 2. The third kappa shape index (κ3) is 4.54. The molecule has 30 heavy (non-hydrogen) atoms. The van der Waals surface area contributed by atoms with E-state index in [1.54, 1.807) is 28.9 Å². The number of nitrogens with zero attached hydrogens (tertiary/aromatic N) is 3. The molecule has 0 fully saturated rings. The Morgan fingerprint density at radius 1 is 0.900 bits per heavy atom. The van der Waals surface area contributed by atoms with Crippen LogP contribution in [-0.4, -0.2) is 36.1 Å². The van der Waals surface area contributed by atoms with E-state index in [1.807, 2.05) is 67.6 Å². The van der Waals surface area contributed by atoms with Gasteiger partial charge in [-0.15, -0.1) is 0 Å². The van der Waals surface area contributed by atoms with Gasteiger partial charge in [0.25, 0.3) is 0 Å². The monoisotopic (exact) mass is 462 g/mol. The van der Waals surface area contributed by atoms with Crippen molar-refractivity contribution in [3.63, 3.8) is 0 Å². The molecule has 0 atom stereocenters. The van der Waals surface area contributed by atoms with Gasteiger partial charge >= 0.3 is 179 Å². The first kappa shape index (κ1) is 19.8.